The van der Waals surface area contributed by atoms with Gasteiger partial charge in [0.25, 0.3) is 0 Å². The highest BCUT2D eigenvalue weighted by atomic mass is 16.3. The molecule has 76 valence electrons. The predicted molar refractivity (Wildman–Crippen MR) is 57.9 cm³/mol. The summed E-state index contributed by atoms with van der Waals surface area (Å²) in [4.78, 5) is 11.8. The second-order valence-electron chi connectivity index (χ2n) is 3.60. The van der Waals surface area contributed by atoms with Crippen LogP contribution in [0.25, 0.3) is 0 Å². The highest BCUT2D eigenvalue weighted by Crippen LogP contribution is 2.09. The Morgan fingerprint density at radius 2 is 2.20 bits per heavy atom. The topological polar surface area (TPSA) is 30.2 Å². The molecule has 0 aliphatic rings. The lowest BCUT2D eigenvalue weighted by molar-refractivity contribution is 0.0992. The van der Waals surface area contributed by atoms with Crippen molar-refractivity contribution in [2.45, 2.75) is 13.3 Å². The van der Waals surface area contributed by atoms with Gasteiger partial charge in [-0.2, -0.15) is 0 Å². The van der Waals surface area contributed by atoms with Gasteiger partial charge in [0, 0.05) is 12.0 Å². The summed E-state index contributed by atoms with van der Waals surface area (Å²) < 4.78 is 4.92. The van der Waals surface area contributed by atoms with Gasteiger partial charge in [-0.3, -0.25) is 4.79 Å². The molecule has 0 bridgehead atoms. The zero-order chi connectivity index (χ0) is 10.7. The van der Waals surface area contributed by atoms with Crippen LogP contribution in [0.4, 0.5) is 0 Å². The summed E-state index contributed by atoms with van der Waals surface area (Å²) in [7, 11) is 0. The maximum atomic E-state index is 11.8. The molecule has 0 aliphatic heterocycles. The van der Waals surface area contributed by atoms with E-state index in [9.17, 15) is 4.79 Å². The van der Waals surface area contributed by atoms with Crippen molar-refractivity contribution in [1.29, 1.82) is 0 Å². The third-order valence-electron chi connectivity index (χ3n) is 2.28. The van der Waals surface area contributed by atoms with E-state index in [1.807, 2.05) is 37.3 Å². The van der Waals surface area contributed by atoms with Crippen LogP contribution in [-0.2, 0) is 6.42 Å². The molecular weight excluding hydrogens is 188 g/mol. The monoisotopic (exact) mass is 200 g/mol. The fourth-order valence-corrected chi connectivity index (χ4v) is 1.50. The Kier molecular flexibility index (Phi) is 2.68. The molecule has 2 heteroatoms. The molecule has 1 heterocycles. The van der Waals surface area contributed by atoms with Crippen LogP contribution >= 0.6 is 0 Å². The van der Waals surface area contributed by atoms with Crippen molar-refractivity contribution in [2.24, 2.45) is 0 Å². The van der Waals surface area contributed by atoms with Crippen LogP contribution in [0.15, 0.2) is 47.3 Å². The molecule has 0 unspecified atom stereocenters. The molecule has 0 fully saturated rings. The molecule has 0 radical (unpaired) electrons. The SMILES string of the molecule is Cc1cccc(C(=O)Cc2ccoc2)c1. The lowest BCUT2D eigenvalue weighted by atomic mass is 10.0. The smallest absolute Gasteiger partial charge is 0.167 e. The number of carbonyl (C=O) groups is 1. The highest BCUT2D eigenvalue weighted by Gasteiger charge is 2.07. The van der Waals surface area contributed by atoms with Gasteiger partial charge >= 0.3 is 0 Å². The molecule has 0 aliphatic carbocycles. The zero-order valence-electron chi connectivity index (χ0n) is 8.57. The molecule has 0 spiro atoms. The van der Waals surface area contributed by atoms with Crippen LogP contribution in [0.5, 0.6) is 0 Å². The normalized spacial score (nSPS) is 10.2. The van der Waals surface area contributed by atoms with Gasteiger partial charge < -0.3 is 4.42 Å². The Morgan fingerprint density at radius 3 is 2.87 bits per heavy atom. The van der Waals surface area contributed by atoms with E-state index in [0.29, 0.717) is 6.42 Å². The summed E-state index contributed by atoms with van der Waals surface area (Å²) in [5, 5.41) is 0. The Morgan fingerprint density at radius 1 is 1.33 bits per heavy atom. The molecule has 15 heavy (non-hydrogen) atoms. The first kappa shape index (κ1) is 9.71. The van der Waals surface area contributed by atoms with Crippen LogP contribution in [-0.4, -0.2) is 5.78 Å². The van der Waals surface area contributed by atoms with Crippen LogP contribution in [0.1, 0.15) is 21.5 Å². The molecule has 0 atom stereocenters. The van der Waals surface area contributed by atoms with E-state index in [1.165, 1.54) is 0 Å². The third kappa shape index (κ3) is 2.34. The zero-order valence-corrected chi connectivity index (χ0v) is 8.57. The number of hydrogen-bond acceptors (Lipinski definition) is 2. The minimum atomic E-state index is 0.125. The van der Waals surface area contributed by atoms with Gasteiger partial charge in [0.15, 0.2) is 5.78 Å². The van der Waals surface area contributed by atoms with Crippen LogP contribution in [0.2, 0.25) is 0 Å². The molecule has 0 saturated carbocycles. The number of benzene rings is 1. The Labute approximate surface area is 88.5 Å². The predicted octanol–water partition coefficient (Wildman–Crippen LogP) is 3.01. The standard InChI is InChI=1S/C13H12O2/c1-10-3-2-4-12(7-10)13(14)8-11-5-6-15-9-11/h2-7,9H,8H2,1H3. The summed E-state index contributed by atoms with van der Waals surface area (Å²) in [6.45, 7) is 1.98. The molecule has 1 aromatic carbocycles. The first-order valence-corrected chi connectivity index (χ1v) is 4.86. The Bertz CT molecular complexity index is 455. The average molecular weight is 200 g/mol. The number of ketones is 1. The summed E-state index contributed by atoms with van der Waals surface area (Å²) in [5.74, 6) is 0.125. The molecule has 0 N–H and O–H groups in total. The van der Waals surface area contributed by atoms with Crippen LogP contribution < -0.4 is 0 Å². The van der Waals surface area contributed by atoms with Crippen LogP contribution in [0.3, 0.4) is 0 Å². The summed E-state index contributed by atoms with van der Waals surface area (Å²) in [6.07, 6.45) is 3.59. The van der Waals surface area contributed by atoms with Gasteiger partial charge in [-0.15, -0.1) is 0 Å². The maximum absolute atomic E-state index is 11.8. The second kappa shape index (κ2) is 4.13. The number of carbonyl (C=O) groups excluding carboxylic acids is 1. The van der Waals surface area contributed by atoms with Crippen molar-refractivity contribution in [1.82, 2.24) is 0 Å². The van der Waals surface area contributed by atoms with Crippen molar-refractivity contribution >= 4 is 5.78 Å². The largest absolute Gasteiger partial charge is 0.472 e. The fraction of sp³-hybridized carbons (Fsp3) is 0.154. The number of rotatable bonds is 3. The van der Waals surface area contributed by atoms with Crippen molar-refractivity contribution < 1.29 is 9.21 Å². The minimum absolute atomic E-state index is 0.125. The van der Waals surface area contributed by atoms with Crippen molar-refractivity contribution in [3.05, 3.63) is 59.5 Å². The number of hydrogen-bond donors (Lipinski definition) is 0. The van der Waals surface area contributed by atoms with Gasteiger partial charge in [-0.1, -0.05) is 23.8 Å². The summed E-state index contributed by atoms with van der Waals surface area (Å²) in [6, 6.07) is 9.44. The first-order valence-electron chi connectivity index (χ1n) is 4.86. The molecule has 1 aromatic heterocycles. The van der Waals surface area contributed by atoms with Crippen LogP contribution in [0, 0.1) is 6.92 Å². The average Bonchev–Trinajstić information content (AvgIpc) is 2.70. The van der Waals surface area contributed by atoms with E-state index in [1.54, 1.807) is 12.5 Å². The van der Waals surface area contributed by atoms with E-state index in [4.69, 9.17) is 4.42 Å². The quantitative estimate of drug-likeness (QED) is 0.713. The van der Waals surface area contributed by atoms with Gasteiger partial charge in [0.2, 0.25) is 0 Å². The van der Waals surface area contributed by atoms with Crippen molar-refractivity contribution in [3.8, 4) is 0 Å². The number of aryl methyl sites for hydroxylation is 1. The van der Waals surface area contributed by atoms with E-state index < -0.39 is 0 Å². The Balaban J connectivity index is 2.15. The number of furan rings is 1. The molecule has 0 saturated heterocycles. The molecule has 0 amide bonds. The van der Waals surface area contributed by atoms with E-state index in [2.05, 4.69) is 0 Å². The second-order valence-corrected chi connectivity index (χ2v) is 3.60. The molecule has 2 nitrogen and oxygen atoms in total. The molecule has 2 aromatic rings. The summed E-state index contributed by atoms with van der Waals surface area (Å²) >= 11 is 0. The maximum Gasteiger partial charge on any atom is 0.167 e. The van der Waals surface area contributed by atoms with Crippen molar-refractivity contribution in [2.75, 3.05) is 0 Å². The van der Waals surface area contributed by atoms with Crippen molar-refractivity contribution in [3.63, 3.8) is 0 Å². The van der Waals surface area contributed by atoms with Gasteiger partial charge in [-0.25, -0.2) is 0 Å². The number of Topliss-reactive ketones (excluding diaryl/α,β-unsaturated/α-hetero) is 1. The van der Waals surface area contributed by atoms with E-state index >= 15 is 0 Å². The van der Waals surface area contributed by atoms with E-state index in [0.717, 1.165) is 16.7 Å². The highest BCUT2D eigenvalue weighted by molar-refractivity contribution is 5.97. The molecular formula is C13H12O2. The lowest BCUT2D eigenvalue weighted by Crippen LogP contribution is -2.02. The van der Waals surface area contributed by atoms with Gasteiger partial charge in [0.1, 0.15) is 0 Å². The molecule has 2 rings (SSSR count). The third-order valence-corrected chi connectivity index (χ3v) is 2.28. The van der Waals surface area contributed by atoms with Gasteiger partial charge in [0.05, 0.1) is 12.5 Å². The minimum Gasteiger partial charge on any atom is -0.472 e. The van der Waals surface area contributed by atoms with E-state index in [-0.39, 0.29) is 5.78 Å². The van der Waals surface area contributed by atoms with Gasteiger partial charge in [-0.05, 0) is 24.6 Å². The summed E-state index contributed by atoms with van der Waals surface area (Å²) in [5.41, 5.74) is 2.78. The first-order chi connectivity index (χ1) is 7.25. The fourth-order valence-electron chi connectivity index (χ4n) is 1.50. The Hall–Kier alpha value is -1.83. The lowest BCUT2D eigenvalue weighted by Gasteiger charge is -2.00.